The van der Waals surface area contributed by atoms with Crippen molar-refractivity contribution >= 4 is 43.4 Å². The number of nitrogens with one attached hydrogen (secondary N) is 2. The monoisotopic (exact) mass is 329 g/mol. The van der Waals surface area contributed by atoms with Crippen molar-refractivity contribution in [3.05, 3.63) is 30.7 Å². The predicted octanol–water partition coefficient (Wildman–Crippen LogP) is 0.575. The van der Waals surface area contributed by atoms with Crippen molar-refractivity contribution in [3.8, 4) is 0 Å². The number of hydrogen-bond acceptors (Lipinski definition) is 4. The molecule has 0 bridgehead atoms. The number of rotatable bonds is 1. The predicted molar refractivity (Wildman–Crippen MR) is 71.1 cm³/mol. The molecule has 1 amide bonds. The number of halogens is 1. The second-order valence-corrected chi connectivity index (χ2v) is 6.49. The summed E-state index contributed by atoms with van der Waals surface area (Å²) in [4.78, 5) is 38.0. The first-order chi connectivity index (χ1) is 8.56. The number of aromatic amines is 1. The summed E-state index contributed by atoms with van der Waals surface area (Å²) in [6.45, 7) is 0.319. The maximum Gasteiger partial charge on any atom is 0.329 e. The summed E-state index contributed by atoms with van der Waals surface area (Å²) in [6.07, 6.45) is 0.168. The molecule has 0 saturated carbocycles. The molecule has 3 heterocycles. The van der Waals surface area contributed by atoms with Crippen molar-refractivity contribution in [3.63, 3.8) is 0 Å². The van der Waals surface area contributed by atoms with Crippen LogP contribution in [0, 0.1) is 0 Å². The van der Waals surface area contributed by atoms with Gasteiger partial charge in [0.1, 0.15) is 4.70 Å². The van der Waals surface area contributed by atoms with Crippen LogP contribution < -0.4 is 16.6 Å². The molecule has 1 unspecified atom stereocenters. The van der Waals surface area contributed by atoms with E-state index in [1.807, 2.05) is 0 Å². The molecule has 1 saturated heterocycles. The molecule has 0 spiro atoms. The first-order valence-corrected chi connectivity index (χ1v) is 6.88. The maximum atomic E-state index is 12.2. The molecular weight excluding hydrogens is 322 g/mol. The standard InChI is InChI=1S/C10H8BrN3O3S/c11-6-2-5-8(18-6)9(16)14(10(17)13-5)4-1-7(15)12-3-4/h2,4H,1,3H2,(H,12,15)(H,13,17). The quantitative estimate of drug-likeness (QED) is 0.802. The summed E-state index contributed by atoms with van der Waals surface area (Å²) in [5, 5.41) is 2.62. The fourth-order valence-electron chi connectivity index (χ4n) is 2.09. The van der Waals surface area contributed by atoms with E-state index >= 15 is 0 Å². The number of H-pyrrole nitrogens is 1. The van der Waals surface area contributed by atoms with Gasteiger partial charge in [0.05, 0.1) is 15.3 Å². The number of nitrogens with zero attached hydrogens (tertiary/aromatic N) is 1. The summed E-state index contributed by atoms with van der Waals surface area (Å²) >= 11 is 4.55. The molecule has 8 heteroatoms. The van der Waals surface area contributed by atoms with E-state index in [1.165, 1.54) is 11.3 Å². The lowest BCUT2D eigenvalue weighted by Gasteiger charge is -2.09. The van der Waals surface area contributed by atoms with E-state index in [4.69, 9.17) is 0 Å². The van der Waals surface area contributed by atoms with Gasteiger partial charge in [-0.05, 0) is 22.0 Å². The van der Waals surface area contributed by atoms with Gasteiger partial charge in [0.15, 0.2) is 0 Å². The van der Waals surface area contributed by atoms with E-state index in [0.717, 1.165) is 8.35 Å². The Balaban J connectivity index is 2.26. The maximum absolute atomic E-state index is 12.2. The zero-order chi connectivity index (χ0) is 12.9. The first kappa shape index (κ1) is 11.7. The minimum absolute atomic E-state index is 0.140. The van der Waals surface area contributed by atoms with Gasteiger partial charge >= 0.3 is 5.69 Å². The lowest BCUT2D eigenvalue weighted by atomic mass is 10.2. The van der Waals surface area contributed by atoms with Crippen LogP contribution in [0.3, 0.4) is 0 Å². The second-order valence-electron chi connectivity index (χ2n) is 4.06. The van der Waals surface area contributed by atoms with Gasteiger partial charge in [-0.1, -0.05) is 0 Å². The van der Waals surface area contributed by atoms with Gasteiger partial charge < -0.3 is 10.3 Å². The van der Waals surface area contributed by atoms with Crippen molar-refractivity contribution in [2.75, 3.05) is 6.54 Å². The van der Waals surface area contributed by atoms with Crippen LogP contribution in [-0.2, 0) is 4.79 Å². The van der Waals surface area contributed by atoms with Gasteiger partial charge in [-0.3, -0.25) is 14.2 Å². The van der Waals surface area contributed by atoms with Crippen LogP contribution in [0.15, 0.2) is 19.4 Å². The Morgan fingerprint density at radius 1 is 1.39 bits per heavy atom. The van der Waals surface area contributed by atoms with Crippen molar-refractivity contribution < 1.29 is 4.79 Å². The number of amides is 1. The van der Waals surface area contributed by atoms with Crippen molar-refractivity contribution in [2.45, 2.75) is 12.5 Å². The lowest BCUT2D eigenvalue weighted by Crippen LogP contribution is -2.38. The van der Waals surface area contributed by atoms with Gasteiger partial charge in [-0.2, -0.15) is 0 Å². The highest BCUT2D eigenvalue weighted by atomic mass is 79.9. The normalized spacial score (nSPS) is 19.4. The van der Waals surface area contributed by atoms with E-state index in [0.29, 0.717) is 16.8 Å². The molecule has 0 radical (unpaired) electrons. The summed E-state index contributed by atoms with van der Waals surface area (Å²) in [7, 11) is 0. The van der Waals surface area contributed by atoms with Gasteiger partial charge in [0.2, 0.25) is 5.91 Å². The highest BCUT2D eigenvalue weighted by molar-refractivity contribution is 9.11. The highest BCUT2D eigenvalue weighted by Crippen LogP contribution is 2.25. The smallest absolute Gasteiger partial charge is 0.329 e. The van der Waals surface area contributed by atoms with E-state index in [2.05, 4.69) is 26.2 Å². The topological polar surface area (TPSA) is 84.0 Å². The first-order valence-electron chi connectivity index (χ1n) is 5.27. The lowest BCUT2D eigenvalue weighted by molar-refractivity contribution is -0.119. The Morgan fingerprint density at radius 2 is 2.17 bits per heavy atom. The number of thiophene rings is 1. The zero-order valence-electron chi connectivity index (χ0n) is 9.03. The number of carbonyl (C=O) groups is 1. The van der Waals surface area contributed by atoms with E-state index in [1.54, 1.807) is 6.07 Å². The third-order valence-electron chi connectivity index (χ3n) is 2.90. The summed E-state index contributed by atoms with van der Waals surface area (Å²) in [5.74, 6) is -0.140. The van der Waals surface area contributed by atoms with Crippen LogP contribution >= 0.6 is 27.3 Å². The third kappa shape index (κ3) is 1.72. The molecule has 1 aliphatic heterocycles. The Bertz CT molecular complexity index is 760. The van der Waals surface area contributed by atoms with E-state index in [9.17, 15) is 14.4 Å². The van der Waals surface area contributed by atoms with Crippen LogP contribution in [0.25, 0.3) is 10.2 Å². The van der Waals surface area contributed by atoms with Gasteiger partial charge in [-0.25, -0.2) is 4.79 Å². The summed E-state index contributed by atoms with van der Waals surface area (Å²) in [5.41, 5.74) is -0.291. The van der Waals surface area contributed by atoms with E-state index < -0.39 is 11.7 Å². The Labute approximate surface area is 113 Å². The molecule has 18 heavy (non-hydrogen) atoms. The number of aromatic nitrogens is 2. The van der Waals surface area contributed by atoms with Crippen LogP contribution in [0.2, 0.25) is 0 Å². The molecule has 1 atom stereocenters. The van der Waals surface area contributed by atoms with Gasteiger partial charge in [-0.15, -0.1) is 11.3 Å². The molecule has 6 nitrogen and oxygen atoms in total. The van der Waals surface area contributed by atoms with Gasteiger partial charge in [0, 0.05) is 13.0 Å². The minimum atomic E-state index is -0.473. The molecule has 0 aliphatic carbocycles. The van der Waals surface area contributed by atoms with E-state index in [-0.39, 0.29) is 17.9 Å². The minimum Gasteiger partial charge on any atom is -0.354 e. The Kier molecular flexibility index (Phi) is 2.63. The number of hydrogen-bond donors (Lipinski definition) is 2. The molecule has 2 N–H and O–H groups in total. The third-order valence-corrected chi connectivity index (χ3v) is 4.52. The molecule has 1 aliphatic rings. The Hall–Kier alpha value is -1.41. The number of carbonyl (C=O) groups excluding carboxylic acids is 1. The molecule has 2 aromatic heterocycles. The molecule has 94 valence electrons. The summed E-state index contributed by atoms with van der Waals surface area (Å²) < 4.78 is 2.40. The molecule has 1 fully saturated rings. The van der Waals surface area contributed by atoms with Crippen LogP contribution in [0.5, 0.6) is 0 Å². The zero-order valence-corrected chi connectivity index (χ0v) is 11.4. The second kappa shape index (κ2) is 4.06. The highest BCUT2D eigenvalue weighted by Gasteiger charge is 2.26. The van der Waals surface area contributed by atoms with Crippen LogP contribution in [0.4, 0.5) is 0 Å². The molecule has 2 aromatic rings. The largest absolute Gasteiger partial charge is 0.354 e. The Morgan fingerprint density at radius 3 is 2.83 bits per heavy atom. The molecular formula is C10H8BrN3O3S. The van der Waals surface area contributed by atoms with Crippen LogP contribution in [0.1, 0.15) is 12.5 Å². The SMILES string of the molecule is O=C1CC(n2c(=O)[nH]c3cc(Br)sc3c2=O)CN1. The average Bonchev–Trinajstić information content (AvgIpc) is 2.85. The van der Waals surface area contributed by atoms with Crippen LogP contribution in [-0.4, -0.2) is 22.0 Å². The van der Waals surface area contributed by atoms with Crippen molar-refractivity contribution in [1.82, 2.24) is 14.9 Å². The average molecular weight is 330 g/mol. The van der Waals surface area contributed by atoms with Crippen molar-refractivity contribution in [1.29, 1.82) is 0 Å². The summed E-state index contributed by atoms with van der Waals surface area (Å²) in [6, 6.07) is 1.30. The number of fused-ring (bicyclic) bond motifs is 1. The fourth-order valence-corrected chi connectivity index (χ4v) is 3.59. The van der Waals surface area contributed by atoms with Gasteiger partial charge in [0.25, 0.3) is 5.56 Å². The van der Waals surface area contributed by atoms with Crippen molar-refractivity contribution in [2.24, 2.45) is 0 Å². The fraction of sp³-hybridized carbons (Fsp3) is 0.300. The molecule has 0 aromatic carbocycles. The molecule has 3 rings (SSSR count).